The molecule has 0 radical (unpaired) electrons. The monoisotopic (exact) mass is 365 g/mol. The summed E-state index contributed by atoms with van der Waals surface area (Å²) in [6.07, 6.45) is 0.468. The lowest BCUT2D eigenvalue weighted by atomic mass is 10.1. The second-order valence-electron chi connectivity index (χ2n) is 7.21. The molecule has 0 saturated carbocycles. The Labute approximate surface area is 153 Å². The van der Waals surface area contributed by atoms with E-state index in [0.717, 1.165) is 6.42 Å². The van der Waals surface area contributed by atoms with Crippen LogP contribution in [0.3, 0.4) is 0 Å². The summed E-state index contributed by atoms with van der Waals surface area (Å²) in [6, 6.07) is 3.15. The molecule has 1 aromatic rings. The van der Waals surface area contributed by atoms with Crippen LogP contribution in [-0.2, 0) is 4.74 Å². The summed E-state index contributed by atoms with van der Waals surface area (Å²) in [4.78, 5) is 31.7. The first-order chi connectivity index (χ1) is 12.2. The molecule has 0 unspecified atom stereocenters. The Hall–Kier alpha value is -2.51. The van der Waals surface area contributed by atoms with Crippen LogP contribution < -0.4 is 9.64 Å². The molecule has 2 heterocycles. The molecule has 0 bridgehead atoms. The third-order valence-electron chi connectivity index (χ3n) is 4.18. The number of piperazine rings is 1. The Balaban J connectivity index is 2.15. The van der Waals surface area contributed by atoms with Crippen LogP contribution in [0.5, 0.6) is 5.88 Å². The van der Waals surface area contributed by atoms with Gasteiger partial charge in [0.05, 0.1) is 13.2 Å². The fraction of sp³-hybridized carbons (Fsp3) is 0.611. The van der Waals surface area contributed by atoms with E-state index >= 15 is 0 Å². The van der Waals surface area contributed by atoms with Crippen molar-refractivity contribution < 1.29 is 24.2 Å². The smallest absolute Gasteiger partial charge is 0.410 e. The number of hydrogen-bond acceptors (Lipinski definition) is 6. The number of carbonyl (C=O) groups is 2. The molecule has 0 aromatic carbocycles. The third-order valence-corrected chi connectivity index (χ3v) is 4.18. The van der Waals surface area contributed by atoms with E-state index in [1.54, 1.807) is 11.0 Å². The first-order valence-electron chi connectivity index (χ1n) is 8.69. The van der Waals surface area contributed by atoms with Gasteiger partial charge in [-0.1, -0.05) is 6.92 Å². The lowest BCUT2D eigenvalue weighted by Crippen LogP contribution is -2.56. The van der Waals surface area contributed by atoms with Crippen molar-refractivity contribution in [2.45, 2.75) is 45.8 Å². The molecular formula is C18H27N3O5. The van der Waals surface area contributed by atoms with Gasteiger partial charge in [0.1, 0.15) is 17.0 Å². The van der Waals surface area contributed by atoms with E-state index in [1.165, 1.54) is 13.2 Å². The molecule has 0 aliphatic carbocycles. The predicted molar refractivity (Wildman–Crippen MR) is 97.0 cm³/mol. The number of aromatic nitrogens is 1. The Bertz CT molecular complexity index is 671. The largest absolute Gasteiger partial charge is 0.480 e. The zero-order valence-corrected chi connectivity index (χ0v) is 16.0. The molecule has 1 amide bonds. The van der Waals surface area contributed by atoms with Crippen molar-refractivity contribution in [3.05, 3.63) is 17.7 Å². The summed E-state index contributed by atoms with van der Waals surface area (Å²) in [5.41, 5.74) is -0.510. The molecule has 1 fully saturated rings. The maximum atomic E-state index is 12.4. The number of carboxylic acids is 1. The van der Waals surface area contributed by atoms with Crippen molar-refractivity contribution in [1.29, 1.82) is 0 Å². The lowest BCUT2D eigenvalue weighted by molar-refractivity contribution is 0.0136. The van der Waals surface area contributed by atoms with E-state index in [2.05, 4.69) is 4.98 Å². The number of anilines is 1. The number of amides is 1. The molecule has 144 valence electrons. The number of methoxy groups -OCH3 is 1. The highest BCUT2D eigenvalue weighted by Gasteiger charge is 2.33. The van der Waals surface area contributed by atoms with Crippen LogP contribution in [0.25, 0.3) is 0 Å². The molecular weight excluding hydrogens is 338 g/mol. The number of aromatic carboxylic acids is 1. The molecule has 2 rings (SSSR count). The fourth-order valence-corrected chi connectivity index (χ4v) is 2.90. The van der Waals surface area contributed by atoms with Crippen molar-refractivity contribution in [3.63, 3.8) is 0 Å². The quantitative estimate of drug-likeness (QED) is 0.877. The minimum Gasteiger partial charge on any atom is -0.480 e. The van der Waals surface area contributed by atoms with Crippen LogP contribution in [0.2, 0.25) is 0 Å². The van der Waals surface area contributed by atoms with E-state index in [9.17, 15) is 14.7 Å². The summed E-state index contributed by atoms with van der Waals surface area (Å²) in [6.45, 7) is 9.26. The lowest BCUT2D eigenvalue weighted by Gasteiger charge is -2.42. The van der Waals surface area contributed by atoms with Gasteiger partial charge in [-0.15, -0.1) is 0 Å². The number of rotatable bonds is 4. The summed E-state index contributed by atoms with van der Waals surface area (Å²) >= 11 is 0. The first kappa shape index (κ1) is 19.8. The summed E-state index contributed by atoms with van der Waals surface area (Å²) in [5, 5.41) is 9.18. The number of carboxylic acid groups (broad SMARTS) is 1. The molecule has 1 aromatic heterocycles. The van der Waals surface area contributed by atoms with E-state index < -0.39 is 11.6 Å². The molecule has 1 N–H and O–H groups in total. The van der Waals surface area contributed by atoms with Crippen molar-refractivity contribution >= 4 is 17.9 Å². The van der Waals surface area contributed by atoms with Gasteiger partial charge in [-0.2, -0.15) is 4.98 Å². The summed E-state index contributed by atoms with van der Waals surface area (Å²) < 4.78 is 10.6. The van der Waals surface area contributed by atoms with Gasteiger partial charge in [0, 0.05) is 19.6 Å². The number of carbonyl (C=O) groups excluding carboxylic acids is 1. The van der Waals surface area contributed by atoms with Gasteiger partial charge in [-0.25, -0.2) is 9.59 Å². The maximum absolute atomic E-state index is 12.4. The van der Waals surface area contributed by atoms with Gasteiger partial charge >= 0.3 is 12.1 Å². The number of pyridine rings is 1. The van der Waals surface area contributed by atoms with Gasteiger partial charge in [0.2, 0.25) is 5.88 Å². The zero-order chi connectivity index (χ0) is 19.5. The minimum absolute atomic E-state index is 0.00875. The second-order valence-corrected chi connectivity index (χ2v) is 7.21. The van der Waals surface area contributed by atoms with E-state index in [-0.39, 0.29) is 23.6 Å². The average Bonchev–Trinajstić information content (AvgIpc) is 2.58. The molecule has 26 heavy (non-hydrogen) atoms. The van der Waals surface area contributed by atoms with Crippen LogP contribution in [0.1, 0.15) is 44.5 Å². The number of hydrogen-bond donors (Lipinski definition) is 1. The molecule has 1 aliphatic rings. The van der Waals surface area contributed by atoms with E-state index in [0.29, 0.717) is 25.5 Å². The van der Waals surface area contributed by atoms with Gasteiger partial charge in [-0.05, 0) is 39.3 Å². The Kier molecular flexibility index (Phi) is 5.94. The van der Waals surface area contributed by atoms with Crippen LogP contribution in [0.15, 0.2) is 12.1 Å². The normalized spacial score (nSPS) is 17.8. The fourth-order valence-electron chi connectivity index (χ4n) is 2.90. The molecule has 1 atom stereocenters. The zero-order valence-electron chi connectivity index (χ0n) is 16.0. The molecule has 0 spiro atoms. The van der Waals surface area contributed by atoms with Crippen LogP contribution in [-0.4, -0.2) is 65.4 Å². The minimum atomic E-state index is -1.08. The number of ether oxygens (including phenoxy) is 2. The Morgan fingerprint density at radius 2 is 2.00 bits per heavy atom. The second kappa shape index (κ2) is 7.80. The predicted octanol–water partition coefficient (Wildman–Crippen LogP) is 2.62. The Morgan fingerprint density at radius 3 is 2.54 bits per heavy atom. The van der Waals surface area contributed by atoms with E-state index in [4.69, 9.17) is 9.47 Å². The SMILES string of the molecule is CC[C@@H]1CN(c2ccc(C(=O)O)c(OC)n2)CCN1C(=O)OC(C)(C)C. The van der Waals surface area contributed by atoms with Crippen molar-refractivity contribution in [3.8, 4) is 5.88 Å². The summed E-state index contributed by atoms with van der Waals surface area (Å²) in [5.74, 6) is -0.367. The average molecular weight is 365 g/mol. The maximum Gasteiger partial charge on any atom is 0.410 e. The van der Waals surface area contributed by atoms with Crippen molar-refractivity contribution in [1.82, 2.24) is 9.88 Å². The molecule has 8 heteroatoms. The van der Waals surface area contributed by atoms with Gasteiger partial charge in [0.15, 0.2) is 0 Å². The standard InChI is InChI=1S/C18H27N3O5/c1-6-12-11-20(9-10-21(12)17(24)26-18(2,3)4)14-8-7-13(16(22)23)15(19-14)25-5/h7-8,12H,6,9-11H2,1-5H3,(H,22,23)/t12-/m1/s1. The van der Waals surface area contributed by atoms with Crippen molar-refractivity contribution in [2.75, 3.05) is 31.6 Å². The van der Waals surface area contributed by atoms with Gasteiger partial charge in [0.25, 0.3) is 0 Å². The highest BCUT2D eigenvalue weighted by atomic mass is 16.6. The van der Waals surface area contributed by atoms with Crippen LogP contribution in [0, 0.1) is 0 Å². The third kappa shape index (κ3) is 4.56. The van der Waals surface area contributed by atoms with Gasteiger partial charge in [-0.3, -0.25) is 0 Å². The Morgan fingerprint density at radius 1 is 1.31 bits per heavy atom. The van der Waals surface area contributed by atoms with Gasteiger partial charge < -0.3 is 24.4 Å². The van der Waals surface area contributed by atoms with Crippen LogP contribution in [0.4, 0.5) is 10.6 Å². The molecule has 8 nitrogen and oxygen atoms in total. The topological polar surface area (TPSA) is 92.2 Å². The molecule has 1 saturated heterocycles. The first-order valence-corrected chi connectivity index (χ1v) is 8.69. The van der Waals surface area contributed by atoms with Crippen LogP contribution >= 0.6 is 0 Å². The highest BCUT2D eigenvalue weighted by molar-refractivity contribution is 5.90. The van der Waals surface area contributed by atoms with E-state index in [1.807, 2.05) is 32.6 Å². The summed E-state index contributed by atoms with van der Waals surface area (Å²) in [7, 11) is 1.40. The van der Waals surface area contributed by atoms with Crippen molar-refractivity contribution in [2.24, 2.45) is 0 Å². The molecule has 1 aliphatic heterocycles. The highest BCUT2D eigenvalue weighted by Crippen LogP contribution is 2.25. The number of nitrogens with zero attached hydrogens (tertiary/aromatic N) is 3.